The molecule has 134 valence electrons. The predicted molar refractivity (Wildman–Crippen MR) is 94.2 cm³/mol. The van der Waals surface area contributed by atoms with Gasteiger partial charge in [0, 0.05) is 52.3 Å². The summed E-state index contributed by atoms with van der Waals surface area (Å²) in [6, 6.07) is 7.23. The molecule has 3 amide bonds. The summed E-state index contributed by atoms with van der Waals surface area (Å²) in [7, 11) is 1.62. The van der Waals surface area contributed by atoms with Crippen LogP contribution in [-0.4, -0.2) is 73.3 Å². The predicted octanol–water partition coefficient (Wildman–Crippen LogP) is -0.146. The number of para-hydroxylation sites is 1. The maximum Gasteiger partial charge on any atom is 0.246 e. The smallest absolute Gasteiger partial charge is 0.246 e. The van der Waals surface area contributed by atoms with Crippen LogP contribution in [0.5, 0.6) is 0 Å². The molecule has 1 aromatic rings. The van der Waals surface area contributed by atoms with Crippen molar-refractivity contribution in [1.29, 1.82) is 0 Å². The zero-order valence-electron chi connectivity index (χ0n) is 14.7. The molecule has 1 N–H and O–H groups in total. The van der Waals surface area contributed by atoms with Crippen molar-refractivity contribution in [1.82, 2.24) is 15.1 Å². The van der Waals surface area contributed by atoms with Gasteiger partial charge in [0.2, 0.25) is 17.7 Å². The van der Waals surface area contributed by atoms with Gasteiger partial charge in [0.05, 0.1) is 6.54 Å². The van der Waals surface area contributed by atoms with E-state index in [9.17, 15) is 14.4 Å². The summed E-state index contributed by atoms with van der Waals surface area (Å²) in [6.45, 7) is 4.34. The van der Waals surface area contributed by atoms with Gasteiger partial charge in [-0.3, -0.25) is 24.2 Å². The Morgan fingerprint density at radius 1 is 1.12 bits per heavy atom. The van der Waals surface area contributed by atoms with Crippen LogP contribution in [-0.2, 0) is 20.8 Å². The van der Waals surface area contributed by atoms with Crippen LogP contribution in [0.3, 0.4) is 0 Å². The first-order valence-corrected chi connectivity index (χ1v) is 8.60. The number of benzene rings is 1. The van der Waals surface area contributed by atoms with Crippen LogP contribution in [0, 0.1) is 0 Å². The highest BCUT2D eigenvalue weighted by Gasteiger charge is 2.39. The van der Waals surface area contributed by atoms with E-state index in [-0.39, 0.29) is 17.7 Å². The maximum absolute atomic E-state index is 13.0. The minimum Gasteiger partial charge on any atom is -0.358 e. The van der Waals surface area contributed by atoms with Crippen molar-refractivity contribution in [3.63, 3.8) is 0 Å². The van der Waals surface area contributed by atoms with E-state index in [2.05, 4.69) is 5.32 Å². The molecule has 1 aromatic carbocycles. The molecule has 2 heterocycles. The molecule has 0 aromatic heterocycles. The Morgan fingerprint density at radius 2 is 1.80 bits per heavy atom. The van der Waals surface area contributed by atoms with Crippen molar-refractivity contribution in [2.24, 2.45) is 0 Å². The van der Waals surface area contributed by atoms with Crippen molar-refractivity contribution >= 4 is 23.4 Å². The summed E-state index contributed by atoms with van der Waals surface area (Å²) in [4.78, 5) is 42.1. The molecule has 0 saturated carbocycles. The molecule has 25 heavy (non-hydrogen) atoms. The number of hydrogen-bond acceptors (Lipinski definition) is 4. The molecule has 0 aliphatic carbocycles. The number of carbonyl (C=O) groups excluding carboxylic acids is 3. The van der Waals surface area contributed by atoms with E-state index in [1.165, 1.54) is 6.92 Å². The number of piperazine rings is 1. The second-order valence-corrected chi connectivity index (χ2v) is 6.51. The fraction of sp³-hybridized carbons (Fsp3) is 0.500. The summed E-state index contributed by atoms with van der Waals surface area (Å²) >= 11 is 0. The van der Waals surface area contributed by atoms with Crippen LogP contribution in [0.25, 0.3) is 0 Å². The summed E-state index contributed by atoms with van der Waals surface area (Å²) in [5.74, 6) is -0.138. The summed E-state index contributed by atoms with van der Waals surface area (Å²) < 4.78 is 0. The van der Waals surface area contributed by atoms with Gasteiger partial charge in [0.25, 0.3) is 0 Å². The quantitative estimate of drug-likeness (QED) is 0.828. The molecule has 1 fully saturated rings. The van der Waals surface area contributed by atoms with Gasteiger partial charge >= 0.3 is 0 Å². The Labute approximate surface area is 147 Å². The fourth-order valence-electron chi connectivity index (χ4n) is 3.59. The largest absolute Gasteiger partial charge is 0.358 e. The van der Waals surface area contributed by atoms with Crippen molar-refractivity contribution in [3.05, 3.63) is 29.8 Å². The lowest BCUT2D eigenvalue weighted by atomic mass is 10.1. The van der Waals surface area contributed by atoms with E-state index >= 15 is 0 Å². The van der Waals surface area contributed by atoms with Crippen molar-refractivity contribution < 1.29 is 14.4 Å². The number of anilines is 1. The van der Waals surface area contributed by atoms with Gasteiger partial charge in [-0.2, -0.15) is 0 Å². The van der Waals surface area contributed by atoms with E-state index in [4.69, 9.17) is 0 Å². The van der Waals surface area contributed by atoms with E-state index in [0.717, 1.165) is 11.3 Å². The molecule has 7 nitrogen and oxygen atoms in total. The molecule has 0 spiro atoms. The van der Waals surface area contributed by atoms with Crippen LogP contribution in [0.1, 0.15) is 12.5 Å². The van der Waals surface area contributed by atoms with Crippen LogP contribution < -0.4 is 10.2 Å². The highest BCUT2D eigenvalue weighted by atomic mass is 16.2. The Kier molecular flexibility index (Phi) is 5.03. The summed E-state index contributed by atoms with van der Waals surface area (Å²) in [5.41, 5.74) is 1.88. The highest BCUT2D eigenvalue weighted by molar-refractivity contribution is 6.02. The first-order chi connectivity index (χ1) is 12.0. The SMILES string of the molecule is CNC(=O)CN1CCN(C(=O)[C@@H]2Cc3ccccc3N2C(C)=O)CC1. The Bertz CT molecular complexity index is 683. The lowest BCUT2D eigenvalue weighted by Crippen LogP contribution is -2.56. The van der Waals surface area contributed by atoms with E-state index in [1.807, 2.05) is 34.1 Å². The second-order valence-electron chi connectivity index (χ2n) is 6.51. The molecule has 0 radical (unpaired) electrons. The Morgan fingerprint density at radius 3 is 2.44 bits per heavy atom. The first-order valence-electron chi connectivity index (χ1n) is 8.60. The maximum atomic E-state index is 13.0. The van der Waals surface area contributed by atoms with E-state index in [1.54, 1.807) is 11.9 Å². The second kappa shape index (κ2) is 7.23. The van der Waals surface area contributed by atoms with Crippen LogP contribution in [0.15, 0.2) is 24.3 Å². The number of rotatable bonds is 3. The number of carbonyl (C=O) groups is 3. The molecule has 2 aliphatic heterocycles. The average Bonchev–Trinajstić information content (AvgIpc) is 3.01. The summed E-state index contributed by atoms with van der Waals surface area (Å²) in [6.07, 6.45) is 0.563. The van der Waals surface area contributed by atoms with E-state index < -0.39 is 6.04 Å². The number of nitrogens with zero attached hydrogens (tertiary/aromatic N) is 3. The molecule has 0 unspecified atom stereocenters. The van der Waals surface area contributed by atoms with Gasteiger partial charge in [-0.15, -0.1) is 0 Å². The third-order valence-corrected chi connectivity index (χ3v) is 4.93. The lowest BCUT2D eigenvalue weighted by molar-refractivity contribution is -0.136. The highest BCUT2D eigenvalue weighted by Crippen LogP contribution is 2.33. The van der Waals surface area contributed by atoms with Gasteiger partial charge < -0.3 is 10.2 Å². The molecular formula is C18H24N4O3. The molecule has 7 heteroatoms. The summed E-state index contributed by atoms with van der Waals surface area (Å²) in [5, 5.41) is 2.61. The van der Waals surface area contributed by atoms with Gasteiger partial charge in [-0.1, -0.05) is 18.2 Å². The standard InChI is InChI=1S/C18H24N4O3/c1-13(23)22-15-6-4-3-5-14(15)11-16(22)18(25)21-9-7-20(8-10-21)12-17(24)19-2/h3-6,16H,7-12H2,1-2H3,(H,19,24)/t16-/m0/s1. The number of nitrogens with one attached hydrogen (secondary N) is 1. The van der Waals surface area contributed by atoms with Crippen LogP contribution >= 0.6 is 0 Å². The molecule has 0 bridgehead atoms. The third-order valence-electron chi connectivity index (χ3n) is 4.93. The minimum absolute atomic E-state index is 0.00834. The van der Waals surface area contributed by atoms with Crippen LogP contribution in [0.4, 0.5) is 5.69 Å². The molecule has 1 saturated heterocycles. The molecule has 3 rings (SSSR count). The minimum atomic E-state index is -0.458. The lowest BCUT2D eigenvalue weighted by Gasteiger charge is -2.36. The topological polar surface area (TPSA) is 73.0 Å². The average molecular weight is 344 g/mol. The van der Waals surface area contributed by atoms with Gasteiger partial charge in [-0.05, 0) is 11.6 Å². The molecule has 1 atom stereocenters. The van der Waals surface area contributed by atoms with Crippen LogP contribution in [0.2, 0.25) is 0 Å². The number of hydrogen-bond donors (Lipinski definition) is 1. The molecule has 2 aliphatic rings. The van der Waals surface area contributed by atoms with Crippen molar-refractivity contribution in [3.8, 4) is 0 Å². The Balaban J connectivity index is 1.66. The zero-order valence-corrected chi connectivity index (χ0v) is 14.7. The third kappa shape index (κ3) is 3.51. The fourth-order valence-corrected chi connectivity index (χ4v) is 3.59. The zero-order chi connectivity index (χ0) is 18.0. The number of amides is 3. The van der Waals surface area contributed by atoms with Gasteiger partial charge in [0.1, 0.15) is 6.04 Å². The Hall–Kier alpha value is -2.41. The van der Waals surface area contributed by atoms with Crippen molar-refractivity contribution in [2.75, 3.05) is 44.7 Å². The normalized spacial score (nSPS) is 20.3. The molecular weight excluding hydrogens is 320 g/mol. The monoisotopic (exact) mass is 344 g/mol. The number of fused-ring (bicyclic) bond motifs is 1. The number of likely N-dealkylation sites (N-methyl/N-ethyl adjacent to an activating group) is 1. The van der Waals surface area contributed by atoms with Gasteiger partial charge in [-0.25, -0.2) is 0 Å². The van der Waals surface area contributed by atoms with Crippen molar-refractivity contribution in [2.45, 2.75) is 19.4 Å². The van der Waals surface area contributed by atoms with E-state index in [0.29, 0.717) is 39.1 Å². The van der Waals surface area contributed by atoms with Gasteiger partial charge in [0.15, 0.2) is 0 Å². The first kappa shape index (κ1) is 17.4.